The minimum atomic E-state index is -0.308. The average molecular weight is 314 g/mol. The fraction of sp³-hybridized carbons (Fsp3) is 0.316. The normalized spacial score (nSPS) is 10.5. The van der Waals surface area contributed by atoms with E-state index in [1.165, 1.54) is 24.8 Å². The second-order valence-electron chi connectivity index (χ2n) is 5.22. The molecular weight excluding hydrogens is 292 g/mol. The Bertz CT molecular complexity index is 588. The van der Waals surface area contributed by atoms with Gasteiger partial charge in [-0.25, -0.2) is 4.79 Å². The summed E-state index contributed by atoms with van der Waals surface area (Å²) in [4.78, 5) is 13.3. The maximum Gasteiger partial charge on any atom is 0.343 e. The van der Waals surface area contributed by atoms with Gasteiger partial charge in [0.15, 0.2) is 0 Å². The van der Waals surface area contributed by atoms with Crippen LogP contribution in [0.5, 0.6) is 5.75 Å². The van der Waals surface area contributed by atoms with Gasteiger partial charge in [0, 0.05) is 4.90 Å². The van der Waals surface area contributed by atoms with Crippen molar-refractivity contribution in [3.63, 3.8) is 0 Å². The lowest BCUT2D eigenvalue weighted by molar-refractivity contribution is 0.0734. The van der Waals surface area contributed by atoms with E-state index >= 15 is 0 Å². The Hall–Kier alpha value is -1.74. The summed E-state index contributed by atoms with van der Waals surface area (Å²) in [6.45, 7) is 2.20. The molecule has 0 aliphatic heterocycles. The molecule has 0 aliphatic carbocycles. The molecule has 0 unspecified atom stereocenters. The van der Waals surface area contributed by atoms with Crippen LogP contribution in [0.15, 0.2) is 53.4 Å². The lowest BCUT2D eigenvalue weighted by atomic mass is 10.1. The van der Waals surface area contributed by atoms with E-state index in [1.54, 1.807) is 11.8 Å². The van der Waals surface area contributed by atoms with Gasteiger partial charge in [-0.15, -0.1) is 11.8 Å². The van der Waals surface area contributed by atoms with E-state index in [0.717, 1.165) is 11.3 Å². The highest BCUT2D eigenvalue weighted by molar-refractivity contribution is 7.98. The van der Waals surface area contributed by atoms with Crippen LogP contribution in [-0.4, -0.2) is 12.2 Å². The number of hydrogen-bond donors (Lipinski definition) is 0. The van der Waals surface area contributed by atoms with Gasteiger partial charge in [0.25, 0.3) is 0 Å². The van der Waals surface area contributed by atoms with Gasteiger partial charge in [0.2, 0.25) is 0 Å². The third kappa shape index (κ3) is 4.92. The Labute approximate surface area is 136 Å². The van der Waals surface area contributed by atoms with Crippen LogP contribution in [0.4, 0.5) is 0 Å². The Morgan fingerprint density at radius 1 is 1.00 bits per heavy atom. The summed E-state index contributed by atoms with van der Waals surface area (Å²) >= 11 is 1.66. The molecule has 0 aromatic heterocycles. The number of carbonyl (C=O) groups is 1. The molecule has 0 saturated carbocycles. The highest BCUT2D eigenvalue weighted by Gasteiger charge is 2.08. The molecule has 0 aliphatic rings. The van der Waals surface area contributed by atoms with Crippen molar-refractivity contribution >= 4 is 17.7 Å². The molecule has 3 heteroatoms. The van der Waals surface area contributed by atoms with E-state index in [2.05, 4.69) is 6.92 Å². The number of unbranched alkanes of at least 4 members (excludes halogenated alkanes) is 2. The first-order chi connectivity index (χ1) is 10.7. The van der Waals surface area contributed by atoms with E-state index in [0.29, 0.717) is 11.3 Å². The van der Waals surface area contributed by atoms with Crippen LogP contribution in [-0.2, 0) is 6.42 Å². The second kappa shape index (κ2) is 8.64. The number of carbonyl (C=O) groups excluding carboxylic acids is 1. The van der Waals surface area contributed by atoms with Gasteiger partial charge in [0.05, 0.1) is 5.56 Å². The molecular formula is C19H22O2S. The second-order valence-corrected chi connectivity index (χ2v) is 6.10. The van der Waals surface area contributed by atoms with Gasteiger partial charge in [-0.05, 0) is 61.1 Å². The Morgan fingerprint density at radius 2 is 1.68 bits per heavy atom. The first-order valence-corrected chi connectivity index (χ1v) is 8.90. The summed E-state index contributed by atoms with van der Waals surface area (Å²) in [6.07, 6.45) is 6.75. The summed E-state index contributed by atoms with van der Waals surface area (Å²) in [7, 11) is 0. The first-order valence-electron chi connectivity index (χ1n) is 7.68. The van der Waals surface area contributed by atoms with Crippen molar-refractivity contribution in [2.75, 3.05) is 6.26 Å². The molecule has 2 aromatic carbocycles. The minimum Gasteiger partial charge on any atom is -0.423 e. The fourth-order valence-corrected chi connectivity index (χ4v) is 2.60. The topological polar surface area (TPSA) is 26.3 Å². The third-order valence-electron chi connectivity index (χ3n) is 3.53. The van der Waals surface area contributed by atoms with E-state index < -0.39 is 0 Å². The average Bonchev–Trinajstić information content (AvgIpc) is 2.56. The molecule has 22 heavy (non-hydrogen) atoms. The quantitative estimate of drug-likeness (QED) is 0.298. The van der Waals surface area contributed by atoms with Crippen LogP contribution < -0.4 is 4.74 Å². The maximum absolute atomic E-state index is 12.1. The van der Waals surface area contributed by atoms with E-state index in [4.69, 9.17) is 4.74 Å². The lowest BCUT2D eigenvalue weighted by Crippen LogP contribution is -2.08. The summed E-state index contributed by atoms with van der Waals surface area (Å²) in [5, 5.41) is 0. The predicted octanol–water partition coefficient (Wildman–Crippen LogP) is 5.36. The van der Waals surface area contributed by atoms with Gasteiger partial charge in [-0.3, -0.25) is 0 Å². The van der Waals surface area contributed by atoms with Crippen molar-refractivity contribution in [1.29, 1.82) is 0 Å². The number of rotatable bonds is 7. The standard InChI is InChI=1S/C19H22O2S/c1-3-4-5-6-15-7-9-16(10-8-15)19(20)21-17-11-13-18(22-2)14-12-17/h7-14H,3-6H2,1-2H3. The number of thioether (sulfide) groups is 1. The molecule has 0 heterocycles. The number of ether oxygens (including phenoxy) is 1. The van der Waals surface area contributed by atoms with E-state index in [1.807, 2.05) is 54.8 Å². The summed E-state index contributed by atoms with van der Waals surface area (Å²) in [5.74, 6) is 0.270. The number of esters is 1. The van der Waals surface area contributed by atoms with Crippen LogP contribution in [0, 0.1) is 0 Å². The van der Waals surface area contributed by atoms with Crippen molar-refractivity contribution in [2.45, 2.75) is 37.5 Å². The zero-order valence-corrected chi connectivity index (χ0v) is 14.0. The molecule has 2 aromatic rings. The molecule has 0 atom stereocenters. The third-order valence-corrected chi connectivity index (χ3v) is 4.27. The number of hydrogen-bond acceptors (Lipinski definition) is 3. The summed E-state index contributed by atoms with van der Waals surface area (Å²) in [5.41, 5.74) is 1.86. The Morgan fingerprint density at radius 3 is 2.27 bits per heavy atom. The Kier molecular flexibility index (Phi) is 6.53. The van der Waals surface area contributed by atoms with Crippen molar-refractivity contribution in [2.24, 2.45) is 0 Å². The van der Waals surface area contributed by atoms with E-state index in [9.17, 15) is 4.79 Å². The minimum absolute atomic E-state index is 0.308. The monoisotopic (exact) mass is 314 g/mol. The summed E-state index contributed by atoms with van der Waals surface area (Å²) in [6, 6.07) is 15.3. The molecule has 0 saturated heterocycles. The Balaban J connectivity index is 1.94. The fourth-order valence-electron chi connectivity index (χ4n) is 2.20. The van der Waals surface area contributed by atoms with Crippen molar-refractivity contribution in [3.05, 3.63) is 59.7 Å². The number of aryl methyl sites for hydroxylation is 1. The van der Waals surface area contributed by atoms with Crippen LogP contribution in [0.25, 0.3) is 0 Å². The highest BCUT2D eigenvalue weighted by atomic mass is 32.2. The molecule has 0 N–H and O–H groups in total. The van der Waals surface area contributed by atoms with Gasteiger partial charge in [0.1, 0.15) is 5.75 Å². The molecule has 0 bridgehead atoms. The van der Waals surface area contributed by atoms with Gasteiger partial charge in [-0.1, -0.05) is 31.9 Å². The molecule has 0 spiro atoms. The maximum atomic E-state index is 12.1. The SMILES string of the molecule is CCCCCc1ccc(C(=O)Oc2ccc(SC)cc2)cc1. The van der Waals surface area contributed by atoms with E-state index in [-0.39, 0.29) is 5.97 Å². The molecule has 2 nitrogen and oxygen atoms in total. The van der Waals surface area contributed by atoms with Crippen molar-refractivity contribution in [3.8, 4) is 5.75 Å². The van der Waals surface area contributed by atoms with Crippen molar-refractivity contribution < 1.29 is 9.53 Å². The van der Waals surface area contributed by atoms with Gasteiger partial charge in [-0.2, -0.15) is 0 Å². The van der Waals surface area contributed by atoms with Gasteiger partial charge >= 0.3 is 5.97 Å². The lowest BCUT2D eigenvalue weighted by Gasteiger charge is -2.06. The molecule has 0 fully saturated rings. The van der Waals surface area contributed by atoms with Crippen LogP contribution in [0.1, 0.15) is 42.1 Å². The largest absolute Gasteiger partial charge is 0.423 e. The van der Waals surface area contributed by atoms with Crippen LogP contribution in [0.3, 0.4) is 0 Å². The van der Waals surface area contributed by atoms with Crippen molar-refractivity contribution in [1.82, 2.24) is 0 Å². The zero-order chi connectivity index (χ0) is 15.8. The number of benzene rings is 2. The van der Waals surface area contributed by atoms with Crippen LogP contribution in [0.2, 0.25) is 0 Å². The molecule has 0 amide bonds. The predicted molar refractivity (Wildman–Crippen MR) is 92.9 cm³/mol. The van der Waals surface area contributed by atoms with Crippen LogP contribution >= 0.6 is 11.8 Å². The summed E-state index contributed by atoms with van der Waals surface area (Å²) < 4.78 is 5.39. The smallest absolute Gasteiger partial charge is 0.343 e. The molecule has 116 valence electrons. The first kappa shape index (κ1) is 16.6. The molecule has 0 radical (unpaired) electrons. The van der Waals surface area contributed by atoms with Gasteiger partial charge < -0.3 is 4.74 Å². The highest BCUT2D eigenvalue weighted by Crippen LogP contribution is 2.20. The zero-order valence-electron chi connectivity index (χ0n) is 13.2. The molecule has 2 rings (SSSR count).